The molecule has 1 saturated heterocycles. The van der Waals surface area contributed by atoms with Gasteiger partial charge in [0.15, 0.2) is 5.13 Å². The Morgan fingerprint density at radius 2 is 1.74 bits per heavy atom. The molecule has 0 spiro atoms. The third-order valence-electron chi connectivity index (χ3n) is 6.23. The fourth-order valence-electron chi connectivity index (χ4n) is 4.24. The van der Waals surface area contributed by atoms with Gasteiger partial charge in [0, 0.05) is 25.6 Å². The summed E-state index contributed by atoms with van der Waals surface area (Å²) in [5, 5.41) is 0.722. The number of rotatable bonds is 8. The topological polar surface area (TPSA) is 73.8 Å². The highest BCUT2D eigenvalue weighted by atomic mass is 32.2. The summed E-state index contributed by atoms with van der Waals surface area (Å²) in [5.41, 5.74) is 1.92. The molecule has 4 rings (SSSR count). The molecular weight excluding hydrogens is 468 g/mol. The highest BCUT2D eigenvalue weighted by molar-refractivity contribution is 7.89. The van der Waals surface area contributed by atoms with Gasteiger partial charge >= 0.3 is 0 Å². The maximum atomic E-state index is 13.6. The fraction of sp³-hybridized carbons (Fsp3) is 0.440. The van der Waals surface area contributed by atoms with E-state index in [1.807, 2.05) is 62.3 Å². The summed E-state index contributed by atoms with van der Waals surface area (Å²) in [4.78, 5) is 22.6. The zero-order valence-corrected chi connectivity index (χ0v) is 21.6. The van der Waals surface area contributed by atoms with Crippen molar-refractivity contribution in [1.82, 2.24) is 14.2 Å². The highest BCUT2D eigenvalue weighted by Crippen LogP contribution is 2.32. The van der Waals surface area contributed by atoms with Crippen LogP contribution in [0.3, 0.4) is 0 Å². The lowest BCUT2D eigenvalue weighted by Gasteiger charge is -2.33. The van der Waals surface area contributed by atoms with Gasteiger partial charge in [0.05, 0.1) is 15.1 Å². The van der Waals surface area contributed by atoms with Gasteiger partial charge < -0.3 is 4.90 Å². The van der Waals surface area contributed by atoms with Crippen molar-refractivity contribution in [3.05, 3.63) is 54.1 Å². The quantitative estimate of drug-likeness (QED) is 0.468. The van der Waals surface area contributed by atoms with E-state index in [0.29, 0.717) is 37.4 Å². The number of sulfonamides is 1. The van der Waals surface area contributed by atoms with Crippen LogP contribution in [0, 0.1) is 12.8 Å². The van der Waals surface area contributed by atoms with Crippen molar-refractivity contribution in [3.63, 3.8) is 0 Å². The lowest BCUT2D eigenvalue weighted by molar-refractivity contribution is -0.123. The molecule has 0 saturated carbocycles. The van der Waals surface area contributed by atoms with E-state index >= 15 is 0 Å². The standard InChI is InChI=1S/C25H32N4O3S2/c1-19-9-11-21(12-10-19)34(31,32)28-17-13-20(14-18-28)24(30)29(16-6-15-27(2)3)25-26-22-7-4-5-8-23(22)33-25/h4-5,7-12,20H,6,13-18H2,1-3H3. The molecule has 34 heavy (non-hydrogen) atoms. The molecule has 3 aromatic rings. The van der Waals surface area contributed by atoms with Crippen LogP contribution in [0.4, 0.5) is 5.13 Å². The number of fused-ring (bicyclic) bond motifs is 1. The summed E-state index contributed by atoms with van der Waals surface area (Å²) >= 11 is 1.53. The first-order valence-electron chi connectivity index (χ1n) is 11.6. The lowest BCUT2D eigenvalue weighted by Crippen LogP contribution is -2.45. The van der Waals surface area contributed by atoms with Crippen LogP contribution in [0.25, 0.3) is 10.2 Å². The molecule has 1 amide bonds. The van der Waals surface area contributed by atoms with Crippen LogP contribution >= 0.6 is 11.3 Å². The van der Waals surface area contributed by atoms with Crippen molar-refractivity contribution in [2.45, 2.75) is 31.1 Å². The van der Waals surface area contributed by atoms with Crippen molar-refractivity contribution >= 4 is 42.6 Å². The van der Waals surface area contributed by atoms with E-state index in [9.17, 15) is 13.2 Å². The Bertz CT molecular complexity index is 1200. The summed E-state index contributed by atoms with van der Waals surface area (Å²) in [7, 11) is 0.495. The van der Waals surface area contributed by atoms with Crippen LogP contribution in [0.2, 0.25) is 0 Å². The highest BCUT2D eigenvalue weighted by Gasteiger charge is 2.34. The third-order valence-corrected chi connectivity index (χ3v) is 9.20. The smallest absolute Gasteiger partial charge is 0.243 e. The molecular formula is C25H32N4O3S2. The molecule has 1 fully saturated rings. The first-order chi connectivity index (χ1) is 16.3. The summed E-state index contributed by atoms with van der Waals surface area (Å²) in [6.45, 7) is 4.10. The molecule has 0 aliphatic carbocycles. The van der Waals surface area contributed by atoms with Crippen molar-refractivity contribution in [2.24, 2.45) is 5.92 Å². The van der Waals surface area contributed by atoms with Crippen molar-refractivity contribution in [1.29, 1.82) is 0 Å². The van der Waals surface area contributed by atoms with Crippen LogP contribution in [0.15, 0.2) is 53.4 Å². The molecule has 2 aromatic carbocycles. The Labute approximate surface area is 206 Å². The molecule has 0 radical (unpaired) electrons. The lowest BCUT2D eigenvalue weighted by atomic mass is 9.96. The van der Waals surface area contributed by atoms with Crippen LogP contribution < -0.4 is 4.90 Å². The zero-order valence-electron chi connectivity index (χ0n) is 20.0. The Hall–Kier alpha value is -2.33. The minimum atomic E-state index is -3.55. The predicted octanol–water partition coefficient (Wildman–Crippen LogP) is 3.99. The van der Waals surface area contributed by atoms with E-state index in [2.05, 4.69) is 4.90 Å². The molecule has 0 atom stereocenters. The fourth-order valence-corrected chi connectivity index (χ4v) is 6.71. The van der Waals surface area contributed by atoms with Gasteiger partial charge in [-0.3, -0.25) is 9.69 Å². The number of amides is 1. The first-order valence-corrected chi connectivity index (χ1v) is 13.9. The average molecular weight is 501 g/mol. The summed E-state index contributed by atoms with van der Waals surface area (Å²) in [6, 6.07) is 14.9. The number of benzene rings is 2. The van der Waals surface area contributed by atoms with Crippen molar-refractivity contribution in [2.75, 3.05) is 45.2 Å². The summed E-state index contributed by atoms with van der Waals surface area (Å²) in [6.07, 6.45) is 1.87. The number of hydrogen-bond acceptors (Lipinski definition) is 6. The predicted molar refractivity (Wildman–Crippen MR) is 138 cm³/mol. The second-order valence-corrected chi connectivity index (χ2v) is 12.0. The Kier molecular flexibility index (Phi) is 7.67. The molecule has 0 N–H and O–H groups in total. The van der Waals surface area contributed by atoms with Crippen LogP contribution in [-0.2, 0) is 14.8 Å². The summed E-state index contributed by atoms with van der Waals surface area (Å²) in [5.74, 6) is -0.166. The largest absolute Gasteiger partial charge is 0.309 e. The van der Waals surface area contributed by atoms with Gasteiger partial charge in [-0.25, -0.2) is 13.4 Å². The zero-order chi connectivity index (χ0) is 24.3. The van der Waals surface area contributed by atoms with Crippen molar-refractivity contribution < 1.29 is 13.2 Å². The molecule has 1 aliphatic rings. The Morgan fingerprint density at radius 1 is 1.06 bits per heavy atom. The van der Waals surface area contributed by atoms with Gasteiger partial charge in [-0.2, -0.15) is 4.31 Å². The summed E-state index contributed by atoms with van der Waals surface area (Å²) < 4.78 is 28.7. The molecule has 1 aromatic heterocycles. The van der Waals surface area contributed by atoms with Gasteiger partial charge in [-0.15, -0.1) is 0 Å². The van der Waals surface area contributed by atoms with Gasteiger partial charge in [-0.1, -0.05) is 41.2 Å². The maximum Gasteiger partial charge on any atom is 0.243 e. The number of aromatic nitrogens is 1. The minimum absolute atomic E-state index is 0.0465. The van der Waals surface area contributed by atoms with E-state index in [4.69, 9.17) is 4.98 Å². The normalized spacial score (nSPS) is 15.8. The number of carbonyl (C=O) groups is 1. The van der Waals surface area contributed by atoms with E-state index in [1.54, 1.807) is 12.1 Å². The number of nitrogens with zero attached hydrogens (tertiary/aromatic N) is 4. The van der Waals surface area contributed by atoms with E-state index in [0.717, 1.165) is 33.9 Å². The number of aryl methyl sites for hydroxylation is 1. The first kappa shape index (κ1) is 24.8. The second-order valence-electron chi connectivity index (χ2n) is 9.10. The van der Waals surface area contributed by atoms with Crippen molar-refractivity contribution in [3.8, 4) is 0 Å². The Balaban J connectivity index is 1.48. The molecule has 9 heteroatoms. The average Bonchev–Trinajstić information content (AvgIpc) is 3.25. The number of piperidine rings is 1. The Morgan fingerprint density at radius 3 is 2.38 bits per heavy atom. The maximum absolute atomic E-state index is 13.6. The third kappa shape index (κ3) is 5.49. The number of hydrogen-bond donors (Lipinski definition) is 0. The molecule has 2 heterocycles. The monoisotopic (exact) mass is 500 g/mol. The second kappa shape index (κ2) is 10.5. The van der Waals surface area contributed by atoms with Gasteiger partial charge in [-0.05, 0) is 71.1 Å². The minimum Gasteiger partial charge on any atom is -0.309 e. The molecule has 0 unspecified atom stereocenters. The van der Waals surface area contributed by atoms with Crippen LogP contribution in [-0.4, -0.2) is 68.8 Å². The van der Waals surface area contributed by atoms with Gasteiger partial charge in [0.2, 0.25) is 15.9 Å². The van der Waals surface area contributed by atoms with Crippen LogP contribution in [0.1, 0.15) is 24.8 Å². The number of para-hydroxylation sites is 1. The van der Waals surface area contributed by atoms with Gasteiger partial charge in [0.1, 0.15) is 0 Å². The SMILES string of the molecule is Cc1ccc(S(=O)(=O)N2CCC(C(=O)N(CCCN(C)C)c3nc4ccccc4s3)CC2)cc1. The number of anilines is 1. The number of carbonyl (C=O) groups excluding carboxylic acids is 1. The van der Waals surface area contributed by atoms with Gasteiger partial charge in [0.25, 0.3) is 0 Å². The molecule has 7 nitrogen and oxygen atoms in total. The van der Waals surface area contributed by atoms with E-state index in [-0.39, 0.29) is 11.8 Å². The van der Waals surface area contributed by atoms with E-state index < -0.39 is 10.0 Å². The molecule has 1 aliphatic heterocycles. The molecule has 0 bridgehead atoms. The molecule has 182 valence electrons. The number of thiazole rings is 1. The van der Waals surface area contributed by atoms with E-state index in [1.165, 1.54) is 15.6 Å². The van der Waals surface area contributed by atoms with Crippen LogP contribution in [0.5, 0.6) is 0 Å².